The van der Waals surface area contributed by atoms with E-state index in [1.807, 2.05) is 12.1 Å². The van der Waals surface area contributed by atoms with Crippen molar-refractivity contribution < 1.29 is 4.79 Å². The maximum atomic E-state index is 12.3. The van der Waals surface area contributed by atoms with Crippen molar-refractivity contribution in [1.82, 2.24) is 10.2 Å². The standard InChI is InChI=1S/C18H26Cl2N2O/c1-13(2)7-8-21-18(23)15-4-3-9-22(12-15)11-14-5-6-16(19)10-17(14)20/h5-6,10,13,15H,3-4,7-9,11-12H2,1-2H3,(H,21,23)/t15-/m1/s1. The van der Waals surface area contributed by atoms with Crippen LogP contribution in [0.2, 0.25) is 10.0 Å². The Morgan fingerprint density at radius 2 is 2.17 bits per heavy atom. The van der Waals surface area contributed by atoms with Crippen LogP contribution >= 0.6 is 23.2 Å². The second kappa shape index (κ2) is 8.91. The molecular formula is C18H26Cl2N2O. The monoisotopic (exact) mass is 356 g/mol. The highest BCUT2D eigenvalue weighted by molar-refractivity contribution is 6.35. The molecule has 3 nitrogen and oxygen atoms in total. The van der Waals surface area contributed by atoms with E-state index in [4.69, 9.17) is 23.2 Å². The Hall–Kier alpha value is -0.770. The molecule has 0 aliphatic carbocycles. The maximum Gasteiger partial charge on any atom is 0.224 e. The van der Waals surface area contributed by atoms with E-state index < -0.39 is 0 Å². The van der Waals surface area contributed by atoms with Gasteiger partial charge in [0.2, 0.25) is 5.91 Å². The lowest BCUT2D eigenvalue weighted by atomic mass is 9.96. The van der Waals surface area contributed by atoms with Gasteiger partial charge in [-0.2, -0.15) is 0 Å². The van der Waals surface area contributed by atoms with Crippen LogP contribution in [0.3, 0.4) is 0 Å². The molecule has 0 spiro atoms. The van der Waals surface area contributed by atoms with Gasteiger partial charge in [-0.25, -0.2) is 0 Å². The molecule has 1 aromatic carbocycles. The first-order chi connectivity index (χ1) is 11.0. The summed E-state index contributed by atoms with van der Waals surface area (Å²) in [7, 11) is 0. The van der Waals surface area contributed by atoms with Crippen LogP contribution in [0.1, 0.15) is 38.7 Å². The van der Waals surface area contributed by atoms with Crippen LogP contribution in [0.4, 0.5) is 0 Å². The van der Waals surface area contributed by atoms with Crippen LogP contribution in [-0.4, -0.2) is 30.4 Å². The molecule has 0 saturated carbocycles. The first-order valence-corrected chi connectivity index (χ1v) is 9.15. The van der Waals surface area contributed by atoms with Gasteiger partial charge in [0.25, 0.3) is 0 Å². The number of amides is 1. The topological polar surface area (TPSA) is 32.3 Å². The summed E-state index contributed by atoms with van der Waals surface area (Å²) in [6.45, 7) is 7.69. The number of likely N-dealkylation sites (tertiary alicyclic amines) is 1. The van der Waals surface area contributed by atoms with Crippen LogP contribution < -0.4 is 5.32 Å². The van der Waals surface area contributed by atoms with Crippen molar-refractivity contribution in [3.63, 3.8) is 0 Å². The van der Waals surface area contributed by atoms with Crippen molar-refractivity contribution in [2.45, 2.75) is 39.7 Å². The van der Waals surface area contributed by atoms with Gasteiger partial charge in [-0.3, -0.25) is 9.69 Å². The van der Waals surface area contributed by atoms with E-state index in [-0.39, 0.29) is 11.8 Å². The number of carbonyl (C=O) groups is 1. The second-order valence-electron chi connectivity index (χ2n) is 6.78. The van der Waals surface area contributed by atoms with Crippen LogP contribution in [-0.2, 0) is 11.3 Å². The van der Waals surface area contributed by atoms with Crippen molar-refractivity contribution in [2.24, 2.45) is 11.8 Å². The minimum absolute atomic E-state index is 0.0852. The predicted molar refractivity (Wildman–Crippen MR) is 96.9 cm³/mol. The molecule has 1 atom stereocenters. The summed E-state index contributed by atoms with van der Waals surface area (Å²) in [5, 5.41) is 4.43. The molecule has 128 valence electrons. The van der Waals surface area contributed by atoms with Crippen molar-refractivity contribution in [2.75, 3.05) is 19.6 Å². The molecule has 1 N–H and O–H groups in total. The Labute approximate surface area is 149 Å². The Morgan fingerprint density at radius 3 is 2.87 bits per heavy atom. The quantitative estimate of drug-likeness (QED) is 0.820. The maximum absolute atomic E-state index is 12.3. The molecule has 1 aromatic rings. The fourth-order valence-electron chi connectivity index (χ4n) is 2.93. The number of piperidine rings is 1. The highest BCUT2D eigenvalue weighted by Crippen LogP contribution is 2.25. The van der Waals surface area contributed by atoms with Crippen molar-refractivity contribution in [3.05, 3.63) is 33.8 Å². The smallest absolute Gasteiger partial charge is 0.224 e. The molecule has 0 bridgehead atoms. The third-order valence-electron chi connectivity index (χ3n) is 4.31. The molecular weight excluding hydrogens is 331 g/mol. The summed E-state index contributed by atoms with van der Waals surface area (Å²) in [4.78, 5) is 14.6. The molecule has 1 fully saturated rings. The van der Waals surface area contributed by atoms with Crippen LogP contribution in [0.25, 0.3) is 0 Å². The lowest BCUT2D eigenvalue weighted by molar-refractivity contribution is -0.126. The first-order valence-electron chi connectivity index (χ1n) is 8.39. The summed E-state index contributed by atoms with van der Waals surface area (Å²) in [6, 6.07) is 5.61. The van der Waals surface area contributed by atoms with Gasteiger partial charge >= 0.3 is 0 Å². The molecule has 1 saturated heterocycles. The van der Waals surface area contributed by atoms with E-state index in [2.05, 4.69) is 24.1 Å². The summed E-state index contributed by atoms with van der Waals surface area (Å²) >= 11 is 12.2. The van der Waals surface area contributed by atoms with Crippen LogP contribution in [0.5, 0.6) is 0 Å². The number of rotatable bonds is 6. The van der Waals surface area contributed by atoms with Crippen molar-refractivity contribution >= 4 is 29.1 Å². The number of halogens is 2. The van der Waals surface area contributed by atoms with Gasteiger partial charge in [0.15, 0.2) is 0 Å². The molecule has 0 unspecified atom stereocenters. The number of carbonyl (C=O) groups excluding carboxylic acids is 1. The fourth-order valence-corrected chi connectivity index (χ4v) is 3.40. The fraction of sp³-hybridized carbons (Fsp3) is 0.611. The molecule has 5 heteroatoms. The number of nitrogens with zero attached hydrogens (tertiary/aromatic N) is 1. The molecule has 0 radical (unpaired) electrons. The van der Waals surface area contributed by atoms with Gasteiger partial charge in [-0.15, -0.1) is 0 Å². The Morgan fingerprint density at radius 1 is 1.39 bits per heavy atom. The number of nitrogens with one attached hydrogen (secondary N) is 1. The highest BCUT2D eigenvalue weighted by Gasteiger charge is 2.25. The van der Waals surface area contributed by atoms with Gasteiger partial charge in [0, 0.05) is 29.7 Å². The minimum atomic E-state index is 0.0852. The predicted octanol–water partition coefficient (Wildman–Crippen LogP) is 4.37. The molecule has 23 heavy (non-hydrogen) atoms. The zero-order valence-corrected chi connectivity index (χ0v) is 15.5. The average Bonchev–Trinajstić information content (AvgIpc) is 2.50. The van der Waals surface area contributed by atoms with Gasteiger partial charge in [0.1, 0.15) is 0 Å². The summed E-state index contributed by atoms with van der Waals surface area (Å²) in [5.41, 5.74) is 1.07. The Balaban J connectivity index is 1.86. The van der Waals surface area contributed by atoms with Crippen molar-refractivity contribution in [1.29, 1.82) is 0 Å². The largest absolute Gasteiger partial charge is 0.356 e. The van der Waals surface area contributed by atoms with E-state index in [1.165, 1.54) is 0 Å². The molecule has 1 amide bonds. The second-order valence-corrected chi connectivity index (χ2v) is 7.63. The van der Waals surface area contributed by atoms with E-state index in [0.717, 1.165) is 51.0 Å². The lowest BCUT2D eigenvalue weighted by Gasteiger charge is -2.32. The van der Waals surface area contributed by atoms with Crippen molar-refractivity contribution in [3.8, 4) is 0 Å². The van der Waals surface area contributed by atoms with Gasteiger partial charge in [-0.1, -0.05) is 43.1 Å². The Bertz CT molecular complexity index is 534. The van der Waals surface area contributed by atoms with Gasteiger partial charge in [-0.05, 0) is 49.4 Å². The van der Waals surface area contributed by atoms with Gasteiger partial charge in [0.05, 0.1) is 5.92 Å². The number of hydrogen-bond donors (Lipinski definition) is 1. The minimum Gasteiger partial charge on any atom is -0.356 e. The van der Waals surface area contributed by atoms with E-state index >= 15 is 0 Å². The highest BCUT2D eigenvalue weighted by atomic mass is 35.5. The normalized spacial score (nSPS) is 19.1. The molecule has 1 aliphatic rings. The lowest BCUT2D eigenvalue weighted by Crippen LogP contribution is -2.43. The average molecular weight is 357 g/mol. The summed E-state index contributed by atoms with van der Waals surface area (Å²) in [6.07, 6.45) is 3.05. The van der Waals surface area contributed by atoms with E-state index in [0.29, 0.717) is 16.0 Å². The number of hydrogen-bond acceptors (Lipinski definition) is 2. The Kier molecular flexibility index (Phi) is 7.19. The summed E-state index contributed by atoms with van der Waals surface area (Å²) in [5.74, 6) is 0.893. The van der Waals surface area contributed by atoms with Gasteiger partial charge < -0.3 is 5.32 Å². The molecule has 0 aromatic heterocycles. The summed E-state index contributed by atoms with van der Waals surface area (Å²) < 4.78 is 0. The van der Waals surface area contributed by atoms with Crippen LogP contribution in [0, 0.1) is 11.8 Å². The first kappa shape index (κ1) is 18.6. The molecule has 1 aliphatic heterocycles. The third-order valence-corrected chi connectivity index (χ3v) is 4.89. The van der Waals surface area contributed by atoms with Crippen LogP contribution in [0.15, 0.2) is 18.2 Å². The zero-order chi connectivity index (χ0) is 16.8. The zero-order valence-electron chi connectivity index (χ0n) is 13.9. The number of benzene rings is 1. The molecule has 2 rings (SSSR count). The molecule has 1 heterocycles. The SMILES string of the molecule is CC(C)CCNC(=O)[C@@H]1CCCN(Cc2ccc(Cl)cc2Cl)C1. The van der Waals surface area contributed by atoms with E-state index in [9.17, 15) is 4.79 Å². The van der Waals surface area contributed by atoms with E-state index in [1.54, 1.807) is 6.07 Å². The third kappa shape index (κ3) is 5.98.